The Balaban J connectivity index is 2.17. The molecule has 0 saturated heterocycles. The summed E-state index contributed by atoms with van der Waals surface area (Å²) >= 11 is 5.94. The van der Waals surface area contributed by atoms with Crippen molar-refractivity contribution in [3.63, 3.8) is 0 Å². The molecule has 0 aliphatic carbocycles. The number of aliphatic hydroxyl groups excluding tert-OH is 1. The van der Waals surface area contributed by atoms with E-state index in [0.717, 1.165) is 6.20 Å². The molecule has 0 bridgehead atoms. The van der Waals surface area contributed by atoms with E-state index in [1.54, 1.807) is 0 Å². The number of carbonyl (C=O) groups is 2. The van der Waals surface area contributed by atoms with Crippen LogP contribution in [0.25, 0.3) is 16.7 Å². The summed E-state index contributed by atoms with van der Waals surface area (Å²) in [6.45, 7) is -0.550. The van der Waals surface area contributed by atoms with E-state index >= 15 is 0 Å². The summed E-state index contributed by atoms with van der Waals surface area (Å²) < 4.78 is 80.5. The highest BCUT2D eigenvalue weighted by atomic mass is 35.5. The third-order valence-corrected chi connectivity index (χ3v) is 4.92. The van der Waals surface area contributed by atoms with Crippen molar-refractivity contribution >= 4 is 40.0 Å². The fraction of sp³-hybridized carbons (Fsp3) is 0.143. The lowest BCUT2D eigenvalue weighted by atomic mass is 10.0. The van der Waals surface area contributed by atoms with E-state index in [4.69, 9.17) is 16.7 Å². The monoisotopic (exact) mass is 491 g/mol. The molecule has 2 aromatic carbocycles. The number of ketones is 1. The third-order valence-electron chi connectivity index (χ3n) is 4.68. The van der Waals surface area contributed by atoms with Gasteiger partial charge in [-0.1, -0.05) is 17.7 Å². The Bertz CT molecular complexity index is 1290. The SMILES string of the molecule is O=C(O)C(=O)C=C(O)c1cn(Cc2ccc(C(F)(F)F)cc2C(F)(F)F)c2ccc(Cl)cc12. The lowest BCUT2D eigenvalue weighted by Crippen LogP contribution is -2.15. The number of aromatic nitrogens is 1. The lowest BCUT2D eigenvalue weighted by Gasteiger charge is -2.17. The van der Waals surface area contributed by atoms with E-state index in [0.29, 0.717) is 18.2 Å². The highest BCUT2D eigenvalue weighted by Gasteiger charge is 2.38. The first-order valence-electron chi connectivity index (χ1n) is 8.92. The van der Waals surface area contributed by atoms with Crippen molar-refractivity contribution in [1.29, 1.82) is 0 Å². The number of hydrogen-bond donors (Lipinski definition) is 2. The molecule has 174 valence electrons. The molecule has 2 N–H and O–H groups in total. The number of alkyl halides is 6. The zero-order valence-corrected chi connectivity index (χ0v) is 16.9. The number of halogens is 7. The molecule has 0 amide bonds. The molecule has 12 heteroatoms. The molecule has 1 aromatic heterocycles. The number of carboxylic acids is 1. The van der Waals surface area contributed by atoms with Crippen LogP contribution in [0.15, 0.2) is 48.7 Å². The zero-order valence-electron chi connectivity index (χ0n) is 16.1. The van der Waals surface area contributed by atoms with E-state index in [1.165, 1.54) is 22.8 Å². The number of aliphatic hydroxyl groups is 1. The molecule has 3 rings (SSSR count). The highest BCUT2D eigenvalue weighted by molar-refractivity contribution is 6.38. The molecule has 0 fully saturated rings. The number of benzene rings is 2. The van der Waals surface area contributed by atoms with Gasteiger partial charge < -0.3 is 14.8 Å². The van der Waals surface area contributed by atoms with Gasteiger partial charge in [-0.3, -0.25) is 4.79 Å². The molecule has 0 unspecified atom stereocenters. The van der Waals surface area contributed by atoms with Gasteiger partial charge in [-0.25, -0.2) is 4.79 Å². The summed E-state index contributed by atoms with van der Waals surface area (Å²) in [4.78, 5) is 22.2. The van der Waals surface area contributed by atoms with E-state index in [1.807, 2.05) is 0 Å². The molecule has 33 heavy (non-hydrogen) atoms. The molecular formula is C21H12ClF6NO4. The van der Waals surface area contributed by atoms with Gasteiger partial charge in [0.2, 0.25) is 0 Å². The number of carbonyl (C=O) groups excluding carboxylic acids is 1. The largest absolute Gasteiger partial charge is 0.507 e. The first-order valence-corrected chi connectivity index (χ1v) is 9.30. The van der Waals surface area contributed by atoms with E-state index < -0.39 is 53.1 Å². The average molecular weight is 492 g/mol. The highest BCUT2D eigenvalue weighted by Crippen LogP contribution is 2.38. The number of fused-ring (bicyclic) bond motifs is 1. The third kappa shape index (κ3) is 5.14. The molecular weight excluding hydrogens is 480 g/mol. The van der Waals surface area contributed by atoms with Gasteiger partial charge in [0.05, 0.1) is 11.1 Å². The quantitative estimate of drug-likeness (QED) is 0.200. The second-order valence-corrected chi connectivity index (χ2v) is 7.34. The van der Waals surface area contributed by atoms with Crippen molar-refractivity contribution < 1.29 is 46.1 Å². The van der Waals surface area contributed by atoms with Gasteiger partial charge in [0.15, 0.2) is 0 Å². The molecule has 0 spiro atoms. The summed E-state index contributed by atoms with van der Waals surface area (Å²) in [6.07, 6.45) is -8.50. The van der Waals surface area contributed by atoms with Crippen LogP contribution in [0.5, 0.6) is 0 Å². The second-order valence-electron chi connectivity index (χ2n) is 6.90. The molecule has 1 heterocycles. The number of aliphatic carboxylic acids is 1. The normalized spacial score (nSPS) is 12.9. The van der Waals surface area contributed by atoms with Gasteiger partial charge in [-0.05, 0) is 35.9 Å². The van der Waals surface area contributed by atoms with Gasteiger partial charge in [-0.15, -0.1) is 0 Å². The molecule has 3 aromatic rings. The summed E-state index contributed by atoms with van der Waals surface area (Å²) in [6, 6.07) is 5.36. The van der Waals surface area contributed by atoms with Crippen molar-refractivity contribution in [3.8, 4) is 0 Å². The van der Waals surface area contributed by atoms with Gasteiger partial charge in [-0.2, -0.15) is 26.3 Å². The predicted molar refractivity (Wildman–Crippen MR) is 106 cm³/mol. The molecule has 0 atom stereocenters. The van der Waals surface area contributed by atoms with Gasteiger partial charge in [0, 0.05) is 40.3 Å². The Morgan fingerprint density at radius 1 is 0.970 bits per heavy atom. The average Bonchev–Trinajstić information content (AvgIpc) is 3.04. The van der Waals surface area contributed by atoms with Crippen LogP contribution in [0.3, 0.4) is 0 Å². The smallest absolute Gasteiger partial charge is 0.416 e. The summed E-state index contributed by atoms with van der Waals surface area (Å²) in [7, 11) is 0. The van der Waals surface area contributed by atoms with E-state index in [-0.39, 0.29) is 27.6 Å². The zero-order chi connectivity index (χ0) is 24.7. The standard InChI is InChI=1S/C21H12ClF6NO4/c22-12-3-4-16-13(6-12)14(17(30)7-18(31)19(32)33)9-29(16)8-10-1-2-11(20(23,24)25)5-15(10)21(26,27)28/h1-7,9,30H,8H2,(H,32,33). The van der Waals surface area contributed by atoms with Gasteiger partial charge in [0.25, 0.3) is 5.78 Å². The number of rotatable bonds is 5. The number of nitrogens with zero attached hydrogens (tertiary/aromatic N) is 1. The molecule has 0 saturated carbocycles. The molecule has 0 radical (unpaired) electrons. The summed E-state index contributed by atoms with van der Waals surface area (Å²) in [5.41, 5.74) is -3.32. The fourth-order valence-electron chi connectivity index (χ4n) is 3.21. The van der Waals surface area contributed by atoms with E-state index in [2.05, 4.69) is 0 Å². The number of carboxylic acid groups (broad SMARTS) is 1. The lowest BCUT2D eigenvalue weighted by molar-refractivity contribution is -0.146. The van der Waals surface area contributed by atoms with Gasteiger partial charge >= 0.3 is 18.3 Å². The van der Waals surface area contributed by atoms with Crippen LogP contribution in [-0.4, -0.2) is 26.5 Å². The van der Waals surface area contributed by atoms with Crippen LogP contribution in [0.4, 0.5) is 26.3 Å². The summed E-state index contributed by atoms with van der Waals surface area (Å²) in [5, 5.41) is 19.3. The Morgan fingerprint density at radius 2 is 1.64 bits per heavy atom. The maximum atomic E-state index is 13.5. The van der Waals surface area contributed by atoms with Crippen LogP contribution < -0.4 is 0 Å². The van der Waals surface area contributed by atoms with Crippen molar-refractivity contribution in [2.45, 2.75) is 18.9 Å². The van der Waals surface area contributed by atoms with Crippen molar-refractivity contribution in [2.75, 3.05) is 0 Å². The molecule has 5 nitrogen and oxygen atoms in total. The Kier molecular flexibility index (Phi) is 6.20. The molecule has 0 aliphatic rings. The maximum absolute atomic E-state index is 13.5. The Hall–Kier alpha value is -3.47. The Morgan fingerprint density at radius 3 is 2.21 bits per heavy atom. The second kappa shape index (κ2) is 8.47. The molecule has 0 aliphatic heterocycles. The van der Waals surface area contributed by atoms with Crippen molar-refractivity contribution in [3.05, 3.63) is 75.9 Å². The van der Waals surface area contributed by atoms with Crippen molar-refractivity contribution in [1.82, 2.24) is 4.57 Å². The topological polar surface area (TPSA) is 79.5 Å². The van der Waals surface area contributed by atoms with Crippen LogP contribution >= 0.6 is 11.6 Å². The Labute approximate surface area is 186 Å². The van der Waals surface area contributed by atoms with Crippen LogP contribution in [0.1, 0.15) is 22.3 Å². The minimum atomic E-state index is -5.08. The first-order chi connectivity index (χ1) is 15.2. The number of hydrogen-bond acceptors (Lipinski definition) is 3. The minimum Gasteiger partial charge on any atom is -0.507 e. The first kappa shape index (κ1) is 24.2. The summed E-state index contributed by atoms with van der Waals surface area (Å²) in [5.74, 6) is -4.07. The van der Waals surface area contributed by atoms with Crippen LogP contribution in [-0.2, 0) is 28.5 Å². The van der Waals surface area contributed by atoms with Crippen molar-refractivity contribution in [2.24, 2.45) is 0 Å². The predicted octanol–water partition coefficient (Wildman–Crippen LogP) is 5.93. The van der Waals surface area contributed by atoms with Crippen LogP contribution in [0.2, 0.25) is 5.02 Å². The maximum Gasteiger partial charge on any atom is 0.416 e. The van der Waals surface area contributed by atoms with Crippen LogP contribution in [0, 0.1) is 0 Å². The minimum absolute atomic E-state index is 0.0156. The van der Waals surface area contributed by atoms with Gasteiger partial charge in [0.1, 0.15) is 5.76 Å². The fourth-order valence-corrected chi connectivity index (χ4v) is 3.38. The van der Waals surface area contributed by atoms with E-state index in [9.17, 15) is 41.0 Å².